The van der Waals surface area contributed by atoms with Crippen LogP contribution in [0.3, 0.4) is 0 Å². The lowest BCUT2D eigenvalue weighted by molar-refractivity contribution is -0.153. The standard InChI is InChI=1S/C22H22F3N3O3/c1-14-10-18(31-13-22(23,24)25)15(2)9-17(14)26-21-27-20(29)19(30-3)12-28(21)11-16-7-5-4-6-8-16/h4-10,12H,11,13H2,1-3H3,(H,26,27,29). The van der Waals surface area contributed by atoms with Gasteiger partial charge in [0.15, 0.2) is 6.61 Å². The third-order valence-corrected chi connectivity index (χ3v) is 4.54. The van der Waals surface area contributed by atoms with Gasteiger partial charge in [-0.25, -0.2) is 0 Å². The molecule has 0 saturated heterocycles. The quantitative estimate of drug-likeness (QED) is 0.590. The highest BCUT2D eigenvalue weighted by Gasteiger charge is 2.28. The SMILES string of the molecule is COc1cn(Cc2ccccc2)c(Nc2cc(C)c(OCC(F)(F)F)cc2C)nc1=O. The average molecular weight is 433 g/mol. The van der Waals surface area contributed by atoms with Gasteiger partial charge in [0.25, 0.3) is 0 Å². The number of hydrogen-bond acceptors (Lipinski definition) is 5. The minimum absolute atomic E-state index is 0.102. The molecule has 0 bridgehead atoms. The number of halogens is 3. The number of ether oxygens (including phenoxy) is 2. The van der Waals surface area contributed by atoms with Gasteiger partial charge in [0, 0.05) is 5.69 Å². The molecule has 3 aromatic rings. The first-order valence-electron chi connectivity index (χ1n) is 9.43. The molecule has 0 unspecified atom stereocenters. The molecule has 1 N–H and O–H groups in total. The van der Waals surface area contributed by atoms with Gasteiger partial charge in [0.1, 0.15) is 5.75 Å². The number of anilines is 2. The van der Waals surface area contributed by atoms with E-state index in [1.54, 1.807) is 30.7 Å². The van der Waals surface area contributed by atoms with E-state index in [9.17, 15) is 18.0 Å². The largest absolute Gasteiger partial charge is 0.490 e. The second-order valence-electron chi connectivity index (χ2n) is 7.01. The van der Waals surface area contributed by atoms with Crippen molar-refractivity contribution in [3.8, 4) is 11.5 Å². The van der Waals surface area contributed by atoms with Crippen molar-refractivity contribution in [1.29, 1.82) is 0 Å². The molecule has 31 heavy (non-hydrogen) atoms. The van der Waals surface area contributed by atoms with Crippen molar-refractivity contribution in [2.24, 2.45) is 0 Å². The Morgan fingerprint density at radius 1 is 1.06 bits per heavy atom. The van der Waals surface area contributed by atoms with Crippen molar-refractivity contribution in [1.82, 2.24) is 9.55 Å². The van der Waals surface area contributed by atoms with Gasteiger partial charge in [-0.05, 0) is 42.7 Å². The first-order chi connectivity index (χ1) is 14.7. The fourth-order valence-electron chi connectivity index (χ4n) is 2.97. The van der Waals surface area contributed by atoms with Crippen molar-refractivity contribution in [2.75, 3.05) is 19.0 Å². The fourth-order valence-corrected chi connectivity index (χ4v) is 2.97. The van der Waals surface area contributed by atoms with Gasteiger partial charge < -0.3 is 19.4 Å². The molecule has 1 aromatic heterocycles. The zero-order chi connectivity index (χ0) is 22.6. The molecule has 3 rings (SSSR count). The normalized spacial score (nSPS) is 11.3. The zero-order valence-corrected chi connectivity index (χ0v) is 17.3. The summed E-state index contributed by atoms with van der Waals surface area (Å²) in [7, 11) is 1.39. The number of aryl methyl sites for hydroxylation is 2. The molecule has 1 heterocycles. The number of hydrogen-bond donors (Lipinski definition) is 1. The molecule has 2 aromatic carbocycles. The summed E-state index contributed by atoms with van der Waals surface area (Å²) in [4.78, 5) is 16.3. The highest BCUT2D eigenvalue weighted by molar-refractivity contribution is 5.62. The molecule has 6 nitrogen and oxygen atoms in total. The molecular weight excluding hydrogens is 411 g/mol. The minimum Gasteiger partial charge on any atom is -0.490 e. The van der Waals surface area contributed by atoms with E-state index in [0.717, 1.165) is 5.56 Å². The second-order valence-corrected chi connectivity index (χ2v) is 7.01. The number of methoxy groups -OCH3 is 1. The van der Waals surface area contributed by atoms with E-state index >= 15 is 0 Å². The van der Waals surface area contributed by atoms with E-state index in [1.807, 2.05) is 30.3 Å². The molecule has 0 fully saturated rings. The third kappa shape index (κ3) is 5.78. The summed E-state index contributed by atoms with van der Waals surface area (Å²) >= 11 is 0. The predicted octanol–water partition coefficient (Wildman–Crippen LogP) is 4.60. The highest BCUT2D eigenvalue weighted by Crippen LogP contribution is 2.29. The molecule has 0 aliphatic rings. The summed E-state index contributed by atoms with van der Waals surface area (Å²) < 4.78 is 49.2. The Hall–Kier alpha value is -3.49. The molecule has 0 saturated carbocycles. The second kappa shape index (κ2) is 9.11. The van der Waals surface area contributed by atoms with Gasteiger partial charge in [0.05, 0.1) is 19.9 Å². The molecule has 0 amide bonds. The average Bonchev–Trinajstić information content (AvgIpc) is 2.71. The Kier molecular flexibility index (Phi) is 6.53. The van der Waals surface area contributed by atoms with Crippen LogP contribution in [0.2, 0.25) is 0 Å². The molecule has 0 spiro atoms. The van der Waals surface area contributed by atoms with Gasteiger partial charge in [0.2, 0.25) is 11.7 Å². The van der Waals surface area contributed by atoms with Gasteiger partial charge in [-0.15, -0.1) is 0 Å². The van der Waals surface area contributed by atoms with Crippen molar-refractivity contribution >= 4 is 11.6 Å². The van der Waals surface area contributed by atoms with Crippen LogP contribution in [0.25, 0.3) is 0 Å². The predicted molar refractivity (Wildman–Crippen MR) is 111 cm³/mol. The fraction of sp³-hybridized carbons (Fsp3) is 0.273. The first-order valence-corrected chi connectivity index (χ1v) is 9.43. The number of alkyl halides is 3. The van der Waals surface area contributed by atoms with Gasteiger partial charge in [-0.1, -0.05) is 30.3 Å². The van der Waals surface area contributed by atoms with E-state index < -0.39 is 18.3 Å². The number of nitrogens with zero attached hydrogens (tertiary/aromatic N) is 2. The molecule has 164 valence electrons. The van der Waals surface area contributed by atoms with E-state index in [4.69, 9.17) is 9.47 Å². The zero-order valence-electron chi connectivity index (χ0n) is 17.3. The van der Waals surface area contributed by atoms with Crippen LogP contribution in [0.15, 0.2) is 53.5 Å². The summed E-state index contributed by atoms with van der Waals surface area (Å²) in [6.07, 6.45) is -2.86. The maximum Gasteiger partial charge on any atom is 0.422 e. The van der Waals surface area contributed by atoms with Crippen LogP contribution >= 0.6 is 0 Å². The van der Waals surface area contributed by atoms with E-state index in [0.29, 0.717) is 23.4 Å². The van der Waals surface area contributed by atoms with Crippen molar-refractivity contribution < 1.29 is 22.6 Å². The Morgan fingerprint density at radius 3 is 2.42 bits per heavy atom. The van der Waals surface area contributed by atoms with Crippen molar-refractivity contribution in [2.45, 2.75) is 26.6 Å². The summed E-state index contributed by atoms with van der Waals surface area (Å²) in [5, 5.41) is 3.11. The first kappa shape index (κ1) is 22.2. The lowest BCUT2D eigenvalue weighted by Crippen LogP contribution is -2.20. The van der Waals surface area contributed by atoms with E-state index in [-0.39, 0.29) is 17.4 Å². The van der Waals surface area contributed by atoms with Crippen LogP contribution in [0.1, 0.15) is 16.7 Å². The Labute approximate surface area is 177 Å². The number of aromatic nitrogens is 2. The third-order valence-electron chi connectivity index (χ3n) is 4.54. The van der Waals surface area contributed by atoms with Gasteiger partial charge in [-0.2, -0.15) is 18.2 Å². The number of benzene rings is 2. The molecule has 9 heteroatoms. The highest BCUT2D eigenvalue weighted by atomic mass is 19.4. The van der Waals surface area contributed by atoms with Crippen LogP contribution in [0, 0.1) is 13.8 Å². The lowest BCUT2D eigenvalue weighted by atomic mass is 10.1. The summed E-state index contributed by atoms with van der Waals surface area (Å²) in [6, 6.07) is 12.8. The smallest absolute Gasteiger partial charge is 0.422 e. The maximum atomic E-state index is 12.5. The topological polar surface area (TPSA) is 65.4 Å². The van der Waals surface area contributed by atoms with Crippen molar-refractivity contribution in [3.05, 3.63) is 75.7 Å². The van der Waals surface area contributed by atoms with Crippen LogP contribution in [0.4, 0.5) is 24.8 Å². The molecule has 0 aliphatic heterocycles. The summed E-state index contributed by atoms with van der Waals surface area (Å²) in [6.45, 7) is 2.44. The molecule has 0 radical (unpaired) electrons. The van der Waals surface area contributed by atoms with Gasteiger partial charge in [-0.3, -0.25) is 4.79 Å². The van der Waals surface area contributed by atoms with Crippen molar-refractivity contribution in [3.63, 3.8) is 0 Å². The monoisotopic (exact) mass is 433 g/mol. The van der Waals surface area contributed by atoms with E-state index in [2.05, 4.69) is 10.3 Å². The van der Waals surface area contributed by atoms with Crippen LogP contribution in [-0.4, -0.2) is 29.4 Å². The molecule has 0 aliphatic carbocycles. The van der Waals surface area contributed by atoms with Crippen LogP contribution in [0.5, 0.6) is 11.5 Å². The minimum atomic E-state index is -4.42. The van der Waals surface area contributed by atoms with Gasteiger partial charge >= 0.3 is 11.7 Å². The Bertz CT molecular complexity index is 1110. The summed E-state index contributed by atoms with van der Waals surface area (Å²) in [5.41, 5.74) is 2.20. The number of nitrogens with one attached hydrogen (secondary N) is 1. The van der Waals surface area contributed by atoms with Crippen LogP contribution in [-0.2, 0) is 6.54 Å². The maximum absolute atomic E-state index is 12.5. The molecular formula is C22H22F3N3O3. The lowest BCUT2D eigenvalue weighted by Gasteiger charge is -2.18. The summed E-state index contributed by atoms with van der Waals surface area (Å²) in [5.74, 6) is 0.524. The molecule has 0 atom stereocenters. The Balaban J connectivity index is 1.93. The van der Waals surface area contributed by atoms with E-state index in [1.165, 1.54) is 13.2 Å². The Morgan fingerprint density at radius 2 is 1.77 bits per heavy atom. The van der Waals surface area contributed by atoms with Crippen LogP contribution < -0.4 is 20.3 Å². The number of rotatable bonds is 7.